The van der Waals surface area contributed by atoms with Gasteiger partial charge in [-0.3, -0.25) is 0 Å². The first-order valence-electron chi connectivity index (χ1n) is 5.57. The maximum absolute atomic E-state index is 10.7. The van der Waals surface area contributed by atoms with Crippen LogP contribution in [0.1, 0.15) is 21.6 Å². The zero-order valence-corrected chi connectivity index (χ0v) is 11.1. The van der Waals surface area contributed by atoms with E-state index in [0.717, 1.165) is 5.56 Å². The number of halogens is 1. The molecule has 1 aromatic heterocycles. The van der Waals surface area contributed by atoms with Crippen molar-refractivity contribution in [3.63, 3.8) is 0 Å². The first kappa shape index (κ1) is 14.0. The van der Waals surface area contributed by atoms with Gasteiger partial charge in [-0.05, 0) is 23.0 Å². The molecule has 0 atom stereocenters. The quantitative estimate of drug-likeness (QED) is 0.622. The number of nitrogens with zero attached hydrogens (tertiary/aromatic N) is 3. The van der Waals surface area contributed by atoms with Crippen molar-refractivity contribution in [3.8, 4) is 0 Å². The number of hydrogen-bond donors (Lipinski definition) is 0. The summed E-state index contributed by atoms with van der Waals surface area (Å²) in [5, 5.41) is 25.2. The second-order valence-electron chi connectivity index (χ2n) is 4.12. The van der Waals surface area contributed by atoms with Crippen molar-refractivity contribution in [2.24, 2.45) is 0 Å². The van der Waals surface area contributed by atoms with E-state index in [-0.39, 0.29) is 17.1 Å². The Labute approximate surface area is 118 Å². The van der Waals surface area contributed by atoms with E-state index in [1.165, 1.54) is 16.8 Å². The Kier molecular flexibility index (Phi) is 3.71. The molecule has 2 aromatic rings. The Balaban J connectivity index is 2.28. The predicted octanol–water partition coefficient (Wildman–Crippen LogP) is 1.16. The Hall–Kier alpha value is -2.41. The lowest BCUT2D eigenvalue weighted by Crippen LogP contribution is -2.22. The lowest BCUT2D eigenvalue weighted by atomic mass is 10.1. The number of carbonyl (C=O) groups excluding carboxylic acids is 1. The van der Waals surface area contributed by atoms with Crippen molar-refractivity contribution in [2.75, 3.05) is 0 Å². The number of aromatic nitrogens is 2. The van der Waals surface area contributed by atoms with E-state index in [1.54, 1.807) is 19.1 Å². The van der Waals surface area contributed by atoms with Crippen LogP contribution in [-0.4, -0.2) is 20.7 Å². The molecule has 0 aliphatic carbocycles. The summed E-state index contributed by atoms with van der Waals surface area (Å²) in [5.74, 6) is -1.65. The van der Waals surface area contributed by atoms with Gasteiger partial charge < -0.3 is 20.0 Å². The molecular weight excluding hydrogens is 286 g/mol. The minimum absolute atomic E-state index is 0.00126. The van der Waals surface area contributed by atoms with Crippen LogP contribution in [0.4, 0.5) is 5.82 Å². The van der Waals surface area contributed by atoms with Crippen molar-refractivity contribution in [1.82, 2.24) is 9.78 Å². The molecule has 0 aliphatic heterocycles. The first-order valence-corrected chi connectivity index (χ1v) is 5.95. The highest BCUT2D eigenvalue weighted by Gasteiger charge is 2.23. The maximum Gasteiger partial charge on any atom is 0.408 e. The van der Waals surface area contributed by atoms with Gasteiger partial charge in [0.25, 0.3) is 0 Å². The average Bonchev–Trinajstić information content (AvgIpc) is 2.68. The molecule has 104 valence electrons. The van der Waals surface area contributed by atoms with E-state index in [9.17, 15) is 20.0 Å². The summed E-state index contributed by atoms with van der Waals surface area (Å²) >= 11 is 5.83. The number of rotatable bonds is 4. The summed E-state index contributed by atoms with van der Waals surface area (Å²) in [7, 11) is 0. The molecule has 0 aliphatic rings. The minimum Gasteiger partial charge on any atom is -0.545 e. The fraction of sp³-hybridized carbons (Fsp3) is 0.167. The second kappa shape index (κ2) is 5.30. The summed E-state index contributed by atoms with van der Waals surface area (Å²) in [6.45, 7) is 1.88. The molecule has 0 N–H and O–H groups in total. The van der Waals surface area contributed by atoms with Crippen molar-refractivity contribution < 1.29 is 14.8 Å². The van der Waals surface area contributed by atoms with Crippen LogP contribution in [-0.2, 0) is 6.54 Å². The van der Waals surface area contributed by atoms with Crippen LogP contribution in [0.2, 0.25) is 5.02 Å². The van der Waals surface area contributed by atoms with Gasteiger partial charge in [0.2, 0.25) is 0 Å². The van der Waals surface area contributed by atoms with Crippen LogP contribution in [0, 0.1) is 17.0 Å². The van der Waals surface area contributed by atoms with E-state index >= 15 is 0 Å². The molecule has 1 aromatic carbocycles. The smallest absolute Gasteiger partial charge is 0.408 e. The third-order valence-corrected chi connectivity index (χ3v) is 3.25. The van der Waals surface area contributed by atoms with E-state index < -0.39 is 16.7 Å². The van der Waals surface area contributed by atoms with Crippen molar-refractivity contribution in [2.45, 2.75) is 13.5 Å². The largest absolute Gasteiger partial charge is 0.545 e. The van der Waals surface area contributed by atoms with Gasteiger partial charge in [-0.1, -0.05) is 35.9 Å². The summed E-state index contributed by atoms with van der Waals surface area (Å²) in [6, 6.07) is 5.98. The van der Waals surface area contributed by atoms with E-state index in [4.69, 9.17) is 11.6 Å². The molecule has 0 saturated carbocycles. The fourth-order valence-corrected chi connectivity index (χ4v) is 1.90. The van der Waals surface area contributed by atoms with E-state index in [2.05, 4.69) is 5.10 Å². The zero-order valence-electron chi connectivity index (χ0n) is 10.4. The highest BCUT2D eigenvalue weighted by atomic mass is 35.5. The number of aromatic carboxylic acids is 1. The molecular formula is C12H9ClN3O4-. The summed E-state index contributed by atoms with van der Waals surface area (Å²) < 4.78 is 1.40. The Morgan fingerprint density at radius 1 is 1.40 bits per heavy atom. The molecule has 1 heterocycles. The van der Waals surface area contributed by atoms with Crippen molar-refractivity contribution in [3.05, 3.63) is 56.2 Å². The predicted molar refractivity (Wildman–Crippen MR) is 68.5 cm³/mol. The third kappa shape index (κ3) is 2.62. The monoisotopic (exact) mass is 294 g/mol. The Bertz CT molecular complexity index is 679. The molecule has 8 heteroatoms. The molecule has 0 radical (unpaired) electrons. The third-order valence-electron chi connectivity index (χ3n) is 2.81. The number of carboxylic acid groups (broad SMARTS) is 1. The van der Waals surface area contributed by atoms with Gasteiger partial charge in [-0.25, -0.2) is 0 Å². The standard InChI is InChI=1S/C12H10ClN3O4/c1-7-10(13)11(16(19)20)14-15(7)6-8-2-4-9(5-3-8)12(17)18/h2-5H,6H2,1H3,(H,17,18)/p-1. The number of hydrogen-bond acceptors (Lipinski definition) is 5. The number of benzene rings is 1. The van der Waals surface area contributed by atoms with Gasteiger partial charge in [-0.2, -0.15) is 4.68 Å². The number of nitro groups is 1. The summed E-state index contributed by atoms with van der Waals surface area (Å²) in [5.41, 5.74) is 1.28. The number of carboxylic acids is 1. The van der Waals surface area contributed by atoms with Crippen LogP contribution in [0.15, 0.2) is 24.3 Å². The second-order valence-corrected chi connectivity index (χ2v) is 4.50. The van der Waals surface area contributed by atoms with Crippen LogP contribution >= 0.6 is 11.6 Å². The Morgan fingerprint density at radius 2 is 2.00 bits per heavy atom. The summed E-state index contributed by atoms with van der Waals surface area (Å²) in [6.07, 6.45) is 0. The molecule has 0 fully saturated rings. The van der Waals surface area contributed by atoms with Crippen LogP contribution in [0.25, 0.3) is 0 Å². The van der Waals surface area contributed by atoms with Crippen LogP contribution in [0.5, 0.6) is 0 Å². The van der Waals surface area contributed by atoms with E-state index in [1.807, 2.05) is 0 Å². The fourth-order valence-electron chi connectivity index (χ4n) is 1.70. The molecule has 0 spiro atoms. The molecule has 0 unspecified atom stereocenters. The van der Waals surface area contributed by atoms with Gasteiger partial charge >= 0.3 is 5.82 Å². The topological polar surface area (TPSA) is 101 Å². The molecule has 0 bridgehead atoms. The average molecular weight is 295 g/mol. The summed E-state index contributed by atoms with van der Waals surface area (Å²) in [4.78, 5) is 20.7. The van der Waals surface area contributed by atoms with Gasteiger partial charge in [0.15, 0.2) is 5.02 Å². The van der Waals surface area contributed by atoms with Crippen molar-refractivity contribution >= 4 is 23.4 Å². The molecule has 0 saturated heterocycles. The highest BCUT2D eigenvalue weighted by Crippen LogP contribution is 2.26. The molecule has 7 nitrogen and oxygen atoms in total. The lowest BCUT2D eigenvalue weighted by molar-refractivity contribution is -0.389. The minimum atomic E-state index is -1.26. The SMILES string of the molecule is Cc1c(Cl)c([N+](=O)[O-])nn1Cc1ccc(C(=O)[O-])cc1. The maximum atomic E-state index is 10.7. The number of carbonyl (C=O) groups is 1. The van der Waals surface area contributed by atoms with Gasteiger partial charge in [0.1, 0.15) is 0 Å². The van der Waals surface area contributed by atoms with Gasteiger partial charge in [0.05, 0.1) is 23.3 Å². The highest BCUT2D eigenvalue weighted by molar-refractivity contribution is 6.33. The first-order chi connectivity index (χ1) is 9.40. The van der Waals surface area contributed by atoms with Crippen molar-refractivity contribution in [1.29, 1.82) is 0 Å². The van der Waals surface area contributed by atoms with Gasteiger partial charge in [-0.15, -0.1) is 0 Å². The molecule has 0 amide bonds. The van der Waals surface area contributed by atoms with Crippen LogP contribution in [0.3, 0.4) is 0 Å². The van der Waals surface area contributed by atoms with E-state index in [0.29, 0.717) is 5.69 Å². The van der Waals surface area contributed by atoms with Gasteiger partial charge in [0, 0.05) is 0 Å². The molecule has 20 heavy (non-hydrogen) atoms. The zero-order chi connectivity index (χ0) is 14.9. The Morgan fingerprint density at radius 3 is 2.45 bits per heavy atom. The molecule has 2 rings (SSSR count). The lowest BCUT2D eigenvalue weighted by Gasteiger charge is -2.04. The van der Waals surface area contributed by atoms with Crippen LogP contribution < -0.4 is 5.11 Å². The normalized spacial score (nSPS) is 10.5.